The number of Topliss-reactive ketones (excluding diaryl/α,β-unsaturated/α-hetero) is 1. The van der Waals surface area contributed by atoms with E-state index < -0.39 is 11.8 Å². The molecule has 0 spiro atoms. The van der Waals surface area contributed by atoms with E-state index in [0.717, 1.165) is 8.47 Å². The topological polar surface area (TPSA) is 54.4 Å². The average molecular weight is 322 g/mol. The smallest absolute Gasteiger partial charge is 0.373 e. The summed E-state index contributed by atoms with van der Waals surface area (Å²) in [5, 5.41) is 8.34. The number of thioether (sulfide) groups is 1. The summed E-state index contributed by atoms with van der Waals surface area (Å²) >= 11 is 3.41. The van der Waals surface area contributed by atoms with Gasteiger partial charge in [0.25, 0.3) is 0 Å². The molecule has 0 heterocycles. The second-order valence-electron chi connectivity index (χ2n) is 2.47. The van der Waals surface area contributed by atoms with Crippen LogP contribution < -0.4 is 0 Å². The van der Waals surface area contributed by atoms with Crippen molar-refractivity contribution in [3.63, 3.8) is 0 Å². The highest BCUT2D eigenvalue weighted by atomic mass is 127. The van der Waals surface area contributed by atoms with Crippen LogP contribution in [-0.4, -0.2) is 22.6 Å². The Morgan fingerprint density at radius 3 is 2.36 bits per heavy atom. The third-order valence-corrected chi connectivity index (χ3v) is 3.15. The highest BCUT2D eigenvalue weighted by molar-refractivity contribution is 14.1. The first-order valence-corrected chi connectivity index (χ1v) is 5.80. The number of carboxylic acids is 1. The normalized spacial score (nSPS) is 9.79. The van der Waals surface area contributed by atoms with Crippen molar-refractivity contribution in [3.05, 3.63) is 27.8 Å². The van der Waals surface area contributed by atoms with Crippen LogP contribution in [0, 0.1) is 3.57 Å². The van der Waals surface area contributed by atoms with Gasteiger partial charge in [-0.1, -0.05) is 0 Å². The molecule has 0 fully saturated rings. The van der Waals surface area contributed by atoms with Crippen LogP contribution >= 0.6 is 34.4 Å². The van der Waals surface area contributed by atoms with Crippen LogP contribution in [0.25, 0.3) is 0 Å². The molecule has 0 radical (unpaired) electrons. The van der Waals surface area contributed by atoms with Crippen molar-refractivity contribution in [2.45, 2.75) is 4.90 Å². The summed E-state index contributed by atoms with van der Waals surface area (Å²) in [5.41, 5.74) is 0. The van der Waals surface area contributed by atoms with Gasteiger partial charge in [0, 0.05) is 8.47 Å². The fourth-order valence-electron chi connectivity index (χ4n) is 0.741. The number of aliphatic carboxylic acids is 1. The van der Waals surface area contributed by atoms with Crippen molar-refractivity contribution in [1.29, 1.82) is 0 Å². The van der Waals surface area contributed by atoms with Crippen LogP contribution in [0.3, 0.4) is 0 Å². The van der Waals surface area contributed by atoms with Crippen LogP contribution in [0.4, 0.5) is 0 Å². The number of carboxylic acid groups (broad SMARTS) is 1. The summed E-state index contributed by atoms with van der Waals surface area (Å²) in [6, 6.07) is 7.55. The summed E-state index contributed by atoms with van der Waals surface area (Å²) < 4.78 is 1.11. The Morgan fingerprint density at radius 1 is 1.29 bits per heavy atom. The number of carbonyl (C=O) groups excluding carboxylic acids is 1. The molecule has 1 N–H and O–H groups in total. The number of ketones is 1. The predicted octanol–water partition coefficient (Wildman–Crippen LogP) is 2.04. The van der Waals surface area contributed by atoms with E-state index in [-0.39, 0.29) is 5.75 Å². The van der Waals surface area contributed by atoms with Gasteiger partial charge >= 0.3 is 5.97 Å². The van der Waals surface area contributed by atoms with Gasteiger partial charge in [-0.25, -0.2) is 4.79 Å². The zero-order chi connectivity index (χ0) is 10.6. The van der Waals surface area contributed by atoms with E-state index >= 15 is 0 Å². The number of hydrogen-bond donors (Lipinski definition) is 1. The molecule has 74 valence electrons. The first kappa shape index (κ1) is 11.5. The van der Waals surface area contributed by atoms with Crippen LogP contribution in [0.15, 0.2) is 29.2 Å². The van der Waals surface area contributed by atoms with E-state index in [0.29, 0.717) is 0 Å². The Kier molecular flexibility index (Phi) is 4.40. The van der Waals surface area contributed by atoms with Gasteiger partial charge in [0.15, 0.2) is 0 Å². The summed E-state index contributed by atoms with van der Waals surface area (Å²) in [5.74, 6) is -2.16. The van der Waals surface area contributed by atoms with Gasteiger partial charge in [-0.15, -0.1) is 11.8 Å². The van der Waals surface area contributed by atoms with Crippen LogP contribution in [0.5, 0.6) is 0 Å². The third-order valence-electron chi connectivity index (χ3n) is 1.42. The van der Waals surface area contributed by atoms with E-state index in [1.165, 1.54) is 11.8 Å². The van der Waals surface area contributed by atoms with Crippen molar-refractivity contribution < 1.29 is 14.7 Å². The van der Waals surface area contributed by atoms with Crippen molar-refractivity contribution in [3.8, 4) is 0 Å². The SMILES string of the molecule is O=C(O)C(=O)CSc1ccc(I)cc1. The minimum absolute atomic E-state index is 0.0179. The van der Waals surface area contributed by atoms with E-state index in [2.05, 4.69) is 22.6 Å². The molecule has 0 amide bonds. The van der Waals surface area contributed by atoms with E-state index in [4.69, 9.17) is 5.11 Å². The third kappa shape index (κ3) is 3.67. The molecular formula is C9H7IO3S. The van der Waals surface area contributed by atoms with Gasteiger partial charge in [-0.05, 0) is 46.9 Å². The van der Waals surface area contributed by atoms with Gasteiger partial charge in [-0.2, -0.15) is 0 Å². The maximum atomic E-state index is 10.8. The van der Waals surface area contributed by atoms with Gasteiger partial charge < -0.3 is 5.11 Å². The van der Waals surface area contributed by atoms with E-state index in [1.54, 1.807) is 0 Å². The van der Waals surface area contributed by atoms with Crippen LogP contribution in [0.1, 0.15) is 0 Å². The Bertz CT molecular complexity index is 348. The van der Waals surface area contributed by atoms with Crippen molar-refractivity contribution >= 4 is 46.1 Å². The zero-order valence-corrected chi connectivity index (χ0v) is 10.0. The lowest BCUT2D eigenvalue weighted by Gasteiger charge is -1.98. The Labute approximate surface area is 99.0 Å². The highest BCUT2D eigenvalue weighted by Crippen LogP contribution is 2.18. The van der Waals surface area contributed by atoms with Crippen LogP contribution in [0.2, 0.25) is 0 Å². The fourth-order valence-corrected chi connectivity index (χ4v) is 1.85. The predicted molar refractivity (Wildman–Crippen MR) is 62.5 cm³/mol. The molecule has 14 heavy (non-hydrogen) atoms. The summed E-state index contributed by atoms with van der Waals surface area (Å²) in [4.78, 5) is 21.9. The molecule has 3 nitrogen and oxygen atoms in total. The van der Waals surface area contributed by atoms with Gasteiger partial charge in [0.2, 0.25) is 5.78 Å². The van der Waals surface area contributed by atoms with Gasteiger partial charge in [-0.3, -0.25) is 4.79 Å². The monoisotopic (exact) mass is 322 g/mol. The molecule has 0 aliphatic rings. The maximum Gasteiger partial charge on any atom is 0.373 e. The van der Waals surface area contributed by atoms with Crippen molar-refractivity contribution in [2.75, 3.05) is 5.75 Å². The lowest BCUT2D eigenvalue weighted by molar-refractivity contribution is -0.147. The number of hydrogen-bond acceptors (Lipinski definition) is 3. The molecule has 1 rings (SSSR count). The largest absolute Gasteiger partial charge is 0.475 e. The molecule has 0 saturated carbocycles. The second-order valence-corrected chi connectivity index (χ2v) is 4.77. The maximum absolute atomic E-state index is 10.8. The number of benzene rings is 1. The molecule has 0 aromatic heterocycles. The Balaban J connectivity index is 2.50. The molecule has 0 atom stereocenters. The molecule has 0 aliphatic carbocycles. The van der Waals surface area contributed by atoms with Gasteiger partial charge in [0.1, 0.15) is 0 Å². The lowest BCUT2D eigenvalue weighted by atomic mass is 10.4. The standard InChI is InChI=1S/C9H7IO3S/c10-6-1-3-7(4-2-6)14-5-8(11)9(12)13/h1-4H,5H2,(H,12,13). The quantitative estimate of drug-likeness (QED) is 0.524. The first-order chi connectivity index (χ1) is 6.59. The number of halogens is 1. The number of rotatable bonds is 4. The van der Waals surface area contributed by atoms with Crippen molar-refractivity contribution in [1.82, 2.24) is 0 Å². The average Bonchev–Trinajstić information content (AvgIpc) is 2.16. The highest BCUT2D eigenvalue weighted by Gasteiger charge is 2.10. The second kappa shape index (κ2) is 5.35. The summed E-state index contributed by atoms with van der Waals surface area (Å²) in [7, 11) is 0. The van der Waals surface area contributed by atoms with Gasteiger partial charge in [0.05, 0.1) is 5.75 Å². The molecule has 0 saturated heterocycles. The lowest BCUT2D eigenvalue weighted by Crippen LogP contribution is -2.14. The molecule has 0 unspecified atom stereocenters. The van der Waals surface area contributed by atoms with E-state index in [1.807, 2.05) is 24.3 Å². The molecule has 5 heteroatoms. The van der Waals surface area contributed by atoms with E-state index in [9.17, 15) is 9.59 Å². The summed E-state index contributed by atoms with van der Waals surface area (Å²) in [6.07, 6.45) is 0. The molecule has 0 aliphatic heterocycles. The molecular weight excluding hydrogens is 315 g/mol. The first-order valence-electron chi connectivity index (χ1n) is 3.74. The van der Waals surface area contributed by atoms with Crippen LogP contribution in [-0.2, 0) is 9.59 Å². The molecule has 1 aromatic carbocycles. The Hall–Kier alpha value is -0.560. The minimum atomic E-state index is -1.37. The minimum Gasteiger partial charge on any atom is -0.475 e. The number of carbonyl (C=O) groups is 2. The zero-order valence-electron chi connectivity index (χ0n) is 7.07. The molecule has 0 bridgehead atoms. The Morgan fingerprint density at radius 2 is 1.86 bits per heavy atom. The fraction of sp³-hybridized carbons (Fsp3) is 0.111. The summed E-state index contributed by atoms with van der Waals surface area (Å²) in [6.45, 7) is 0. The van der Waals surface area contributed by atoms with Crippen molar-refractivity contribution in [2.24, 2.45) is 0 Å². The molecule has 1 aromatic rings.